The maximum Gasteiger partial charge on any atom is 0.321 e. The first-order valence-electron chi connectivity index (χ1n) is 6.47. The minimum Gasteiger partial charge on any atom is -0.468 e. The summed E-state index contributed by atoms with van der Waals surface area (Å²) in [5.74, 6) is -0.682. The van der Waals surface area contributed by atoms with Crippen LogP contribution in [0.25, 0.3) is 0 Å². The Hall–Kier alpha value is -1.84. The standard InChI is InChI=1S/C15H19NO3/c1-10-5-6-12(11(2)9-10)16-13(17)15(7-4-8-15)14(18)19-3/h5-6,9H,4,7-8H2,1-3H3,(H,16,17). The molecular formula is C15H19NO3. The van der Waals surface area contributed by atoms with E-state index in [0.29, 0.717) is 12.8 Å². The largest absolute Gasteiger partial charge is 0.468 e. The first-order chi connectivity index (χ1) is 8.99. The first kappa shape index (κ1) is 13.6. The highest BCUT2D eigenvalue weighted by Crippen LogP contribution is 2.43. The van der Waals surface area contributed by atoms with Crippen LogP contribution < -0.4 is 5.32 Å². The normalized spacial score (nSPS) is 16.4. The molecule has 0 unspecified atom stereocenters. The van der Waals surface area contributed by atoms with Gasteiger partial charge in [0.1, 0.15) is 5.41 Å². The predicted molar refractivity (Wildman–Crippen MR) is 72.8 cm³/mol. The van der Waals surface area contributed by atoms with E-state index in [1.807, 2.05) is 32.0 Å². The van der Waals surface area contributed by atoms with Crippen LogP contribution in [0.3, 0.4) is 0 Å². The fourth-order valence-corrected chi connectivity index (χ4v) is 2.45. The fourth-order valence-electron chi connectivity index (χ4n) is 2.45. The van der Waals surface area contributed by atoms with E-state index in [2.05, 4.69) is 5.32 Å². The van der Waals surface area contributed by atoms with Gasteiger partial charge in [0, 0.05) is 5.69 Å². The summed E-state index contributed by atoms with van der Waals surface area (Å²) >= 11 is 0. The molecule has 2 rings (SSSR count). The Morgan fingerprint density at radius 3 is 2.42 bits per heavy atom. The molecule has 0 saturated heterocycles. The third-order valence-corrected chi connectivity index (χ3v) is 3.85. The number of ether oxygens (including phenoxy) is 1. The van der Waals surface area contributed by atoms with Crippen LogP contribution in [0.4, 0.5) is 5.69 Å². The molecular weight excluding hydrogens is 242 g/mol. The topological polar surface area (TPSA) is 55.4 Å². The van der Waals surface area contributed by atoms with Crippen molar-refractivity contribution in [1.29, 1.82) is 0 Å². The Morgan fingerprint density at radius 1 is 1.26 bits per heavy atom. The quantitative estimate of drug-likeness (QED) is 0.672. The number of amides is 1. The summed E-state index contributed by atoms with van der Waals surface area (Å²) in [6.07, 6.45) is 2.02. The second kappa shape index (κ2) is 5.03. The molecule has 1 aliphatic carbocycles. The molecule has 4 nitrogen and oxygen atoms in total. The molecule has 0 spiro atoms. The molecule has 0 atom stereocenters. The van der Waals surface area contributed by atoms with Crippen LogP contribution in [-0.2, 0) is 14.3 Å². The van der Waals surface area contributed by atoms with Crippen molar-refractivity contribution in [2.24, 2.45) is 5.41 Å². The number of carbonyl (C=O) groups is 2. The van der Waals surface area contributed by atoms with Gasteiger partial charge in [0.05, 0.1) is 7.11 Å². The zero-order valence-electron chi connectivity index (χ0n) is 11.6. The molecule has 0 aromatic heterocycles. The highest BCUT2D eigenvalue weighted by atomic mass is 16.5. The second-order valence-corrected chi connectivity index (χ2v) is 5.20. The highest BCUT2D eigenvalue weighted by molar-refractivity contribution is 6.09. The molecule has 1 aliphatic rings. The summed E-state index contributed by atoms with van der Waals surface area (Å²) < 4.78 is 4.77. The minimum atomic E-state index is -0.980. The summed E-state index contributed by atoms with van der Waals surface area (Å²) in [4.78, 5) is 24.1. The van der Waals surface area contributed by atoms with Crippen molar-refractivity contribution in [3.05, 3.63) is 29.3 Å². The van der Waals surface area contributed by atoms with Gasteiger partial charge in [-0.3, -0.25) is 9.59 Å². The first-order valence-corrected chi connectivity index (χ1v) is 6.47. The molecule has 1 saturated carbocycles. The maximum atomic E-state index is 12.3. The fraction of sp³-hybridized carbons (Fsp3) is 0.467. The van der Waals surface area contributed by atoms with Gasteiger partial charge in [-0.05, 0) is 38.3 Å². The summed E-state index contributed by atoms with van der Waals surface area (Å²) in [5.41, 5.74) is 1.91. The number of carbonyl (C=O) groups excluding carboxylic acids is 2. The van der Waals surface area contributed by atoms with Gasteiger partial charge in [-0.15, -0.1) is 0 Å². The summed E-state index contributed by atoms with van der Waals surface area (Å²) in [5, 5.41) is 2.86. The van der Waals surface area contributed by atoms with Gasteiger partial charge in [0.2, 0.25) is 5.91 Å². The maximum absolute atomic E-state index is 12.3. The number of hydrogen-bond acceptors (Lipinski definition) is 3. The molecule has 1 aromatic rings. The van der Waals surface area contributed by atoms with Crippen molar-refractivity contribution >= 4 is 17.6 Å². The molecule has 1 amide bonds. The third kappa shape index (κ3) is 2.35. The Morgan fingerprint density at radius 2 is 1.95 bits per heavy atom. The van der Waals surface area contributed by atoms with Crippen LogP contribution >= 0.6 is 0 Å². The van der Waals surface area contributed by atoms with Gasteiger partial charge in [-0.1, -0.05) is 24.1 Å². The third-order valence-electron chi connectivity index (χ3n) is 3.85. The van der Waals surface area contributed by atoms with E-state index in [1.165, 1.54) is 7.11 Å². The van der Waals surface area contributed by atoms with Gasteiger partial charge in [0.25, 0.3) is 0 Å². The lowest BCUT2D eigenvalue weighted by Gasteiger charge is -2.37. The van der Waals surface area contributed by atoms with Crippen molar-refractivity contribution in [1.82, 2.24) is 0 Å². The van der Waals surface area contributed by atoms with Gasteiger partial charge in [-0.2, -0.15) is 0 Å². The van der Waals surface area contributed by atoms with E-state index < -0.39 is 11.4 Å². The predicted octanol–water partition coefficient (Wildman–Crippen LogP) is 2.59. The molecule has 1 aromatic carbocycles. The van der Waals surface area contributed by atoms with Gasteiger partial charge in [-0.25, -0.2) is 0 Å². The number of aryl methyl sites for hydroxylation is 2. The Bertz CT molecular complexity index is 518. The van der Waals surface area contributed by atoms with E-state index in [9.17, 15) is 9.59 Å². The van der Waals surface area contributed by atoms with Crippen molar-refractivity contribution in [2.75, 3.05) is 12.4 Å². The number of rotatable bonds is 3. The molecule has 102 valence electrons. The average molecular weight is 261 g/mol. The molecule has 19 heavy (non-hydrogen) atoms. The average Bonchev–Trinajstić information content (AvgIpc) is 2.31. The zero-order chi connectivity index (χ0) is 14.0. The van der Waals surface area contributed by atoms with Crippen molar-refractivity contribution in [3.63, 3.8) is 0 Å². The molecule has 0 heterocycles. The van der Waals surface area contributed by atoms with Crippen LogP contribution in [0.1, 0.15) is 30.4 Å². The van der Waals surface area contributed by atoms with Gasteiger partial charge < -0.3 is 10.1 Å². The van der Waals surface area contributed by atoms with Crippen LogP contribution in [0, 0.1) is 19.3 Å². The summed E-state index contributed by atoms with van der Waals surface area (Å²) in [7, 11) is 1.33. The highest BCUT2D eigenvalue weighted by Gasteiger charge is 2.52. The van der Waals surface area contributed by atoms with Crippen molar-refractivity contribution in [2.45, 2.75) is 33.1 Å². The Labute approximate surface area is 113 Å². The smallest absolute Gasteiger partial charge is 0.321 e. The molecule has 0 radical (unpaired) electrons. The monoisotopic (exact) mass is 261 g/mol. The molecule has 0 bridgehead atoms. The van der Waals surface area contributed by atoms with Crippen LogP contribution in [-0.4, -0.2) is 19.0 Å². The van der Waals surface area contributed by atoms with E-state index >= 15 is 0 Å². The van der Waals surface area contributed by atoms with Gasteiger partial charge >= 0.3 is 5.97 Å². The zero-order valence-corrected chi connectivity index (χ0v) is 11.6. The number of methoxy groups -OCH3 is 1. The lowest BCUT2D eigenvalue weighted by molar-refractivity contribution is -0.163. The number of hydrogen-bond donors (Lipinski definition) is 1. The molecule has 4 heteroatoms. The van der Waals surface area contributed by atoms with Crippen LogP contribution in [0.2, 0.25) is 0 Å². The lowest BCUT2D eigenvalue weighted by atomic mass is 9.68. The van der Waals surface area contributed by atoms with E-state index in [-0.39, 0.29) is 5.91 Å². The summed E-state index contributed by atoms with van der Waals surface area (Å²) in [6, 6.07) is 5.81. The minimum absolute atomic E-state index is 0.252. The second-order valence-electron chi connectivity index (χ2n) is 5.20. The van der Waals surface area contributed by atoms with Crippen LogP contribution in [0.15, 0.2) is 18.2 Å². The number of esters is 1. The number of benzene rings is 1. The van der Waals surface area contributed by atoms with Gasteiger partial charge in [0.15, 0.2) is 0 Å². The number of anilines is 1. The van der Waals surface area contributed by atoms with E-state index in [4.69, 9.17) is 4.74 Å². The molecule has 0 aliphatic heterocycles. The van der Waals surface area contributed by atoms with E-state index in [0.717, 1.165) is 23.2 Å². The van der Waals surface area contributed by atoms with Crippen molar-refractivity contribution in [3.8, 4) is 0 Å². The lowest BCUT2D eigenvalue weighted by Crippen LogP contribution is -2.48. The Kier molecular flexibility index (Phi) is 3.60. The Balaban J connectivity index is 2.18. The summed E-state index contributed by atoms with van der Waals surface area (Å²) in [6.45, 7) is 3.94. The molecule has 1 N–H and O–H groups in total. The SMILES string of the molecule is COC(=O)C1(C(=O)Nc2ccc(C)cc2C)CCC1. The van der Waals surface area contributed by atoms with Crippen LogP contribution in [0.5, 0.6) is 0 Å². The number of nitrogens with one attached hydrogen (secondary N) is 1. The van der Waals surface area contributed by atoms with Crippen molar-refractivity contribution < 1.29 is 14.3 Å². The molecule has 1 fully saturated rings. The van der Waals surface area contributed by atoms with E-state index in [1.54, 1.807) is 0 Å².